The molecule has 0 atom stereocenters. The Labute approximate surface area is 353 Å². The second-order valence-corrected chi connectivity index (χ2v) is 15.7. The van der Waals surface area contributed by atoms with Crippen molar-refractivity contribution >= 4 is 11.4 Å². The maximum atomic E-state index is 15.5. The van der Waals surface area contributed by atoms with Gasteiger partial charge in [0.25, 0.3) is 0 Å². The third-order valence-corrected chi connectivity index (χ3v) is 11.0. The van der Waals surface area contributed by atoms with Gasteiger partial charge >= 0.3 is 24.7 Å². The molecule has 330 valence electrons. The number of hydrogen-bond acceptors (Lipinski definition) is 4. The summed E-state index contributed by atoms with van der Waals surface area (Å²) in [6.45, 7) is 6.38. The summed E-state index contributed by atoms with van der Waals surface area (Å²) in [6, 6.07) is 19.2. The number of alkyl halides is 12. The number of benzene rings is 6. The summed E-state index contributed by atoms with van der Waals surface area (Å²) in [4.78, 5) is 0. The van der Waals surface area contributed by atoms with Gasteiger partial charge in [-0.3, -0.25) is 0 Å². The van der Waals surface area contributed by atoms with Crippen LogP contribution >= 0.6 is 0 Å². The van der Waals surface area contributed by atoms with Gasteiger partial charge in [-0.15, -0.1) is 0 Å². The molecule has 0 saturated carbocycles. The highest BCUT2D eigenvalue weighted by molar-refractivity contribution is 5.87. The first-order chi connectivity index (χ1) is 29.2. The van der Waals surface area contributed by atoms with Gasteiger partial charge in [0.05, 0.1) is 27.7 Å². The van der Waals surface area contributed by atoms with Gasteiger partial charge in [0, 0.05) is 11.4 Å². The normalized spacial score (nSPS) is 13.9. The molecular weight excluding hydrogens is 853 g/mol. The van der Waals surface area contributed by atoms with Crippen LogP contribution in [0.4, 0.5) is 64.1 Å². The molecule has 0 radical (unpaired) electrons. The van der Waals surface area contributed by atoms with Crippen LogP contribution in [0.15, 0.2) is 109 Å². The monoisotopic (exact) mass is 888 g/mol. The zero-order valence-corrected chi connectivity index (χ0v) is 33.6. The number of hydrogen-bond donors (Lipinski definition) is 2. The van der Waals surface area contributed by atoms with Crippen molar-refractivity contribution in [3.05, 3.63) is 165 Å². The van der Waals surface area contributed by atoms with E-state index in [0.717, 1.165) is 12.1 Å². The number of ether oxygens (including phenoxy) is 2. The second kappa shape index (κ2) is 15.5. The van der Waals surface area contributed by atoms with Crippen molar-refractivity contribution in [2.75, 3.05) is 11.5 Å². The van der Waals surface area contributed by atoms with Crippen LogP contribution in [0.5, 0.6) is 23.0 Å². The van der Waals surface area contributed by atoms with Gasteiger partial charge in [0.15, 0.2) is 11.5 Å². The minimum atomic E-state index is -5.64. The van der Waals surface area contributed by atoms with Crippen LogP contribution in [-0.4, -0.2) is 0 Å². The molecule has 0 heterocycles. The van der Waals surface area contributed by atoms with Crippen LogP contribution < -0.4 is 20.9 Å². The number of halogens is 12. The van der Waals surface area contributed by atoms with Gasteiger partial charge in [-0.25, -0.2) is 0 Å². The predicted octanol–water partition coefficient (Wildman–Crippen LogP) is 15.1. The van der Waals surface area contributed by atoms with Crippen molar-refractivity contribution in [1.82, 2.24) is 0 Å². The number of nitrogen functional groups attached to an aromatic ring is 2. The summed E-state index contributed by atoms with van der Waals surface area (Å²) in [5.41, 5.74) is -0.439. The Hall–Kier alpha value is -6.32. The van der Waals surface area contributed by atoms with E-state index in [0.29, 0.717) is 0 Å². The molecule has 0 amide bonds. The Kier molecular flexibility index (Phi) is 11.0. The minimum Gasteiger partial charge on any atom is -0.456 e. The first kappa shape index (κ1) is 44.7. The van der Waals surface area contributed by atoms with Crippen molar-refractivity contribution < 1.29 is 62.2 Å². The highest BCUT2D eigenvalue weighted by Crippen LogP contribution is 2.60. The third-order valence-electron chi connectivity index (χ3n) is 11.0. The van der Waals surface area contributed by atoms with Crippen molar-refractivity contribution in [2.24, 2.45) is 0 Å². The second-order valence-electron chi connectivity index (χ2n) is 15.7. The maximum Gasteiger partial charge on any atom is 0.420 e. The molecule has 0 spiro atoms. The highest BCUT2D eigenvalue weighted by Gasteiger charge is 2.53. The Bertz CT molecular complexity index is 2470. The largest absolute Gasteiger partial charge is 0.456 e. The predicted molar refractivity (Wildman–Crippen MR) is 214 cm³/mol. The number of rotatable bonds is 8. The van der Waals surface area contributed by atoms with Crippen LogP contribution in [0.2, 0.25) is 0 Å². The molecule has 6 aromatic rings. The van der Waals surface area contributed by atoms with Crippen LogP contribution in [-0.2, 0) is 30.1 Å². The van der Waals surface area contributed by atoms with Gasteiger partial charge in [-0.1, -0.05) is 76.2 Å². The zero-order chi connectivity index (χ0) is 46.2. The van der Waals surface area contributed by atoms with Gasteiger partial charge < -0.3 is 20.9 Å². The van der Waals surface area contributed by atoms with Gasteiger partial charge in [0.2, 0.25) is 0 Å². The summed E-state index contributed by atoms with van der Waals surface area (Å²) in [6.07, 6.45) is -22.6. The minimum absolute atomic E-state index is 0.130. The standard InChI is InChI=1S/C47H36F12N2O2/c1-23(2)31-21-27(60)13-15-39(31)62-41-35(44(48,49)50)17-25(18-36(41)45(51,52)53)43(33-11-7-5-9-29(33)30-10-6-8-12-34(30)43)26-19-37(46(54,55)56)42(38(20-26)47(57,58)59)63-40-16-14-28(61)22-32(40)24(3)4/h5-24H,60-61H2,1-4H3. The van der Waals surface area contributed by atoms with E-state index in [1.54, 1.807) is 27.7 Å². The number of anilines is 2. The molecule has 7 rings (SSSR count). The number of fused-ring (bicyclic) bond motifs is 3. The third kappa shape index (κ3) is 7.99. The first-order valence-corrected chi connectivity index (χ1v) is 19.2. The van der Waals surface area contributed by atoms with E-state index in [2.05, 4.69) is 0 Å². The Morgan fingerprint density at radius 2 is 0.730 bits per heavy atom. The van der Waals surface area contributed by atoms with Crippen LogP contribution in [0, 0.1) is 0 Å². The summed E-state index contributed by atoms with van der Waals surface area (Å²) in [5.74, 6) is -5.24. The lowest BCUT2D eigenvalue weighted by molar-refractivity contribution is -0.146. The Morgan fingerprint density at radius 3 is 1.02 bits per heavy atom. The molecule has 0 saturated heterocycles. The van der Waals surface area contributed by atoms with Crippen LogP contribution in [0.25, 0.3) is 11.1 Å². The molecule has 63 heavy (non-hydrogen) atoms. The molecule has 4 nitrogen and oxygen atoms in total. The van der Waals surface area contributed by atoms with Crippen molar-refractivity contribution in [3.8, 4) is 34.1 Å². The summed E-state index contributed by atoms with van der Waals surface area (Å²) in [5, 5.41) is 0. The van der Waals surface area contributed by atoms with E-state index >= 15 is 52.7 Å². The molecule has 6 aromatic carbocycles. The number of nitrogens with two attached hydrogens (primary N) is 2. The van der Waals surface area contributed by atoms with Crippen molar-refractivity contribution in [3.63, 3.8) is 0 Å². The van der Waals surface area contributed by atoms with E-state index in [-0.39, 0.29) is 69.0 Å². The molecule has 0 aromatic heterocycles. The van der Waals surface area contributed by atoms with Gasteiger partial charge in [-0.2, -0.15) is 52.7 Å². The van der Waals surface area contributed by atoms with Gasteiger partial charge in [0.1, 0.15) is 11.5 Å². The molecule has 4 N–H and O–H groups in total. The lowest BCUT2D eigenvalue weighted by Gasteiger charge is -2.36. The molecule has 0 aliphatic heterocycles. The average molecular weight is 889 g/mol. The fraction of sp³-hybridized carbons (Fsp3) is 0.234. The maximum absolute atomic E-state index is 15.5. The molecular formula is C47H36F12N2O2. The van der Waals surface area contributed by atoms with Crippen LogP contribution in [0.1, 0.15) is 95.2 Å². The van der Waals surface area contributed by atoms with E-state index < -0.39 is 98.3 Å². The topological polar surface area (TPSA) is 70.5 Å². The smallest absolute Gasteiger partial charge is 0.420 e. The quantitative estimate of drug-likeness (QED) is 0.118. The molecule has 16 heteroatoms. The summed E-state index contributed by atoms with van der Waals surface area (Å²) < 4.78 is 197. The zero-order valence-electron chi connectivity index (χ0n) is 33.6. The molecule has 1 aliphatic rings. The first-order valence-electron chi connectivity index (χ1n) is 19.2. The van der Waals surface area contributed by atoms with E-state index in [4.69, 9.17) is 20.9 Å². The Balaban J connectivity index is 1.65. The van der Waals surface area contributed by atoms with Crippen molar-refractivity contribution in [2.45, 2.75) is 69.7 Å². The molecule has 0 unspecified atom stereocenters. The summed E-state index contributed by atoms with van der Waals surface area (Å²) in [7, 11) is 0. The molecule has 0 fully saturated rings. The summed E-state index contributed by atoms with van der Waals surface area (Å²) >= 11 is 0. The van der Waals surface area contributed by atoms with Gasteiger partial charge in [-0.05, 0) is 117 Å². The lowest BCUT2D eigenvalue weighted by Crippen LogP contribution is -2.31. The molecule has 1 aliphatic carbocycles. The highest BCUT2D eigenvalue weighted by atomic mass is 19.4. The Morgan fingerprint density at radius 1 is 0.429 bits per heavy atom. The fourth-order valence-electron chi connectivity index (χ4n) is 8.22. The SMILES string of the molecule is CC(C)c1cc(N)ccc1Oc1c(C(F)(F)F)cc(C2(c3cc(C(F)(F)F)c(Oc4ccc(N)cc4C(C)C)c(C(F)(F)F)c3)c3ccccc3-c3ccccc32)cc1C(F)(F)F. The van der Waals surface area contributed by atoms with Crippen molar-refractivity contribution in [1.29, 1.82) is 0 Å². The average Bonchev–Trinajstić information content (AvgIpc) is 3.48. The van der Waals surface area contributed by atoms with E-state index in [1.165, 1.54) is 72.8 Å². The van der Waals surface area contributed by atoms with Crippen LogP contribution in [0.3, 0.4) is 0 Å². The fourth-order valence-corrected chi connectivity index (χ4v) is 8.22. The van der Waals surface area contributed by atoms with E-state index in [9.17, 15) is 0 Å². The lowest BCUT2D eigenvalue weighted by atomic mass is 9.66. The molecule has 0 bridgehead atoms. The van der Waals surface area contributed by atoms with E-state index in [1.807, 2.05) is 0 Å².